The third-order valence-electron chi connectivity index (χ3n) is 2.32. The Labute approximate surface area is 123 Å². The second kappa shape index (κ2) is 6.29. The zero-order chi connectivity index (χ0) is 15.4. The van der Waals surface area contributed by atoms with Crippen LogP contribution in [0.3, 0.4) is 0 Å². The second-order valence-electron chi connectivity index (χ2n) is 3.93. The molecule has 1 atom stereocenters. The number of anilines is 1. The molecule has 0 radical (unpaired) electrons. The highest BCUT2D eigenvalue weighted by Crippen LogP contribution is 2.26. The van der Waals surface area contributed by atoms with Gasteiger partial charge in [0.15, 0.2) is 11.4 Å². The Morgan fingerprint density at radius 3 is 2.86 bits per heavy atom. The van der Waals surface area contributed by atoms with Crippen LogP contribution < -0.4 is 10.1 Å². The van der Waals surface area contributed by atoms with Crippen LogP contribution in [0.2, 0.25) is 0 Å². The number of rotatable bonds is 5. The molecule has 1 amide bonds. The van der Waals surface area contributed by atoms with Crippen molar-refractivity contribution in [2.24, 2.45) is 0 Å². The highest BCUT2D eigenvalue weighted by atomic mass is 32.1. The van der Waals surface area contributed by atoms with Gasteiger partial charge in [-0.05, 0) is 30.4 Å². The summed E-state index contributed by atoms with van der Waals surface area (Å²) in [7, 11) is 0. The fourth-order valence-electron chi connectivity index (χ4n) is 1.51. The summed E-state index contributed by atoms with van der Waals surface area (Å²) in [5, 5.41) is 22.2. The molecule has 8 nitrogen and oxygen atoms in total. The van der Waals surface area contributed by atoms with Gasteiger partial charge < -0.3 is 9.84 Å². The summed E-state index contributed by atoms with van der Waals surface area (Å²) >= 11 is 0.751. The third-order valence-corrected chi connectivity index (χ3v) is 3.19. The molecule has 2 N–H and O–H groups in total. The van der Waals surface area contributed by atoms with E-state index in [0.717, 1.165) is 17.5 Å². The molecule has 21 heavy (non-hydrogen) atoms. The average Bonchev–Trinajstić information content (AvgIpc) is 2.87. The van der Waals surface area contributed by atoms with E-state index in [1.54, 1.807) is 12.1 Å². The van der Waals surface area contributed by atoms with Crippen molar-refractivity contribution in [2.75, 3.05) is 5.32 Å². The number of thiazole rings is 1. The van der Waals surface area contributed by atoms with Gasteiger partial charge in [0.25, 0.3) is 5.91 Å². The van der Waals surface area contributed by atoms with Crippen molar-refractivity contribution >= 4 is 27.4 Å². The SMILES string of the molecule is CC(O)Oc1ccccc1C(=O)Nc1ncc([N+](=O)[O-])s1. The zero-order valence-electron chi connectivity index (χ0n) is 10.8. The fourth-order valence-corrected chi connectivity index (χ4v) is 2.14. The van der Waals surface area contributed by atoms with Crippen molar-refractivity contribution < 1.29 is 19.6 Å². The van der Waals surface area contributed by atoms with E-state index in [1.807, 2.05) is 0 Å². The summed E-state index contributed by atoms with van der Waals surface area (Å²) in [4.78, 5) is 25.8. The molecule has 0 aliphatic heterocycles. The summed E-state index contributed by atoms with van der Waals surface area (Å²) in [6, 6.07) is 6.33. The number of nitro groups is 1. The van der Waals surface area contributed by atoms with Crippen molar-refractivity contribution in [3.05, 3.63) is 46.1 Å². The molecule has 0 spiro atoms. The van der Waals surface area contributed by atoms with Crippen LogP contribution in [0.15, 0.2) is 30.5 Å². The average molecular weight is 309 g/mol. The summed E-state index contributed by atoms with van der Waals surface area (Å²) in [5.74, 6) is -0.327. The van der Waals surface area contributed by atoms with Gasteiger partial charge in [0, 0.05) is 0 Å². The first-order valence-corrected chi connectivity index (χ1v) is 6.64. The molecule has 0 saturated heterocycles. The molecule has 2 rings (SSSR count). The van der Waals surface area contributed by atoms with E-state index in [-0.39, 0.29) is 21.4 Å². The number of carbonyl (C=O) groups excluding carboxylic acids is 1. The number of aliphatic hydroxyl groups excluding tert-OH is 1. The van der Waals surface area contributed by atoms with Crippen LogP contribution in [0, 0.1) is 10.1 Å². The number of nitrogens with one attached hydrogen (secondary N) is 1. The molecule has 0 fully saturated rings. The third kappa shape index (κ3) is 3.74. The number of benzene rings is 1. The van der Waals surface area contributed by atoms with Crippen LogP contribution in [0.1, 0.15) is 17.3 Å². The number of hydrogen-bond donors (Lipinski definition) is 2. The lowest BCUT2D eigenvalue weighted by atomic mass is 10.2. The summed E-state index contributed by atoms with van der Waals surface area (Å²) in [6.07, 6.45) is -0.00160. The van der Waals surface area contributed by atoms with E-state index in [1.165, 1.54) is 19.1 Å². The molecule has 0 aliphatic carbocycles. The largest absolute Gasteiger partial charge is 0.465 e. The molecule has 9 heteroatoms. The number of hydrogen-bond acceptors (Lipinski definition) is 7. The number of aliphatic hydroxyl groups is 1. The molecule has 2 aromatic rings. The molecule has 1 aromatic carbocycles. The normalized spacial score (nSPS) is 11.7. The van der Waals surface area contributed by atoms with Gasteiger partial charge in [0.2, 0.25) is 0 Å². The number of para-hydroxylation sites is 1. The number of aromatic nitrogens is 1. The van der Waals surface area contributed by atoms with Crippen LogP contribution in [0.5, 0.6) is 5.75 Å². The molecule has 110 valence electrons. The summed E-state index contributed by atoms with van der Waals surface area (Å²) < 4.78 is 5.12. The minimum Gasteiger partial charge on any atom is -0.465 e. The molecule has 0 bridgehead atoms. The zero-order valence-corrected chi connectivity index (χ0v) is 11.7. The Balaban J connectivity index is 2.18. The monoisotopic (exact) mass is 309 g/mol. The summed E-state index contributed by atoms with van der Waals surface area (Å²) in [6.45, 7) is 1.42. The van der Waals surface area contributed by atoms with E-state index >= 15 is 0 Å². The van der Waals surface area contributed by atoms with E-state index in [4.69, 9.17) is 4.74 Å². The molecule has 0 aliphatic rings. The van der Waals surface area contributed by atoms with Crippen LogP contribution in [0.25, 0.3) is 0 Å². The van der Waals surface area contributed by atoms with Gasteiger partial charge in [-0.3, -0.25) is 20.2 Å². The second-order valence-corrected chi connectivity index (χ2v) is 4.94. The van der Waals surface area contributed by atoms with Crippen molar-refractivity contribution in [3.63, 3.8) is 0 Å². The smallest absolute Gasteiger partial charge is 0.345 e. The first-order chi connectivity index (χ1) is 9.97. The van der Waals surface area contributed by atoms with Gasteiger partial charge in [-0.15, -0.1) is 0 Å². The molecule has 1 heterocycles. The van der Waals surface area contributed by atoms with Crippen LogP contribution in [0.4, 0.5) is 10.1 Å². The lowest BCUT2D eigenvalue weighted by Crippen LogP contribution is -2.16. The lowest BCUT2D eigenvalue weighted by molar-refractivity contribution is -0.380. The Morgan fingerprint density at radius 1 is 1.52 bits per heavy atom. The van der Waals surface area contributed by atoms with Gasteiger partial charge >= 0.3 is 5.00 Å². The van der Waals surface area contributed by atoms with Gasteiger partial charge in [-0.2, -0.15) is 0 Å². The van der Waals surface area contributed by atoms with Gasteiger partial charge in [-0.1, -0.05) is 12.1 Å². The minimum absolute atomic E-state index is 0.110. The number of ether oxygens (including phenoxy) is 1. The van der Waals surface area contributed by atoms with Crippen molar-refractivity contribution in [1.82, 2.24) is 4.98 Å². The minimum atomic E-state index is -1.07. The Morgan fingerprint density at radius 2 is 2.24 bits per heavy atom. The van der Waals surface area contributed by atoms with Crippen LogP contribution in [-0.2, 0) is 0 Å². The van der Waals surface area contributed by atoms with Gasteiger partial charge in [-0.25, -0.2) is 4.98 Å². The maximum atomic E-state index is 12.1. The van der Waals surface area contributed by atoms with E-state index in [0.29, 0.717) is 0 Å². The number of carbonyl (C=O) groups is 1. The van der Waals surface area contributed by atoms with Gasteiger partial charge in [0.05, 0.1) is 10.5 Å². The van der Waals surface area contributed by atoms with Crippen LogP contribution >= 0.6 is 11.3 Å². The first-order valence-electron chi connectivity index (χ1n) is 5.82. The number of amides is 1. The fraction of sp³-hybridized carbons (Fsp3) is 0.167. The molecule has 1 aromatic heterocycles. The van der Waals surface area contributed by atoms with Crippen molar-refractivity contribution in [1.29, 1.82) is 0 Å². The maximum Gasteiger partial charge on any atom is 0.345 e. The van der Waals surface area contributed by atoms with E-state index < -0.39 is 17.1 Å². The Hall–Kier alpha value is -2.52. The highest BCUT2D eigenvalue weighted by molar-refractivity contribution is 7.18. The highest BCUT2D eigenvalue weighted by Gasteiger charge is 2.17. The molecular weight excluding hydrogens is 298 g/mol. The quantitative estimate of drug-likeness (QED) is 0.496. The topological polar surface area (TPSA) is 115 Å². The standard InChI is InChI=1S/C12H11N3O5S/c1-7(16)20-9-5-3-2-4-8(9)11(17)14-12-13-6-10(21-12)15(18)19/h2-7,16H,1H3,(H,13,14,17). The van der Waals surface area contributed by atoms with Crippen molar-refractivity contribution in [2.45, 2.75) is 13.2 Å². The lowest BCUT2D eigenvalue weighted by Gasteiger charge is -2.12. The van der Waals surface area contributed by atoms with E-state index in [9.17, 15) is 20.0 Å². The Bertz CT molecular complexity index is 670. The van der Waals surface area contributed by atoms with Crippen LogP contribution in [-0.4, -0.2) is 27.2 Å². The predicted molar refractivity (Wildman–Crippen MR) is 75.5 cm³/mol. The summed E-state index contributed by atoms with van der Waals surface area (Å²) in [5.41, 5.74) is 0.191. The van der Waals surface area contributed by atoms with E-state index in [2.05, 4.69) is 10.3 Å². The molecular formula is C12H11N3O5S. The maximum absolute atomic E-state index is 12.1. The van der Waals surface area contributed by atoms with Gasteiger partial charge in [0.1, 0.15) is 11.9 Å². The molecule has 0 saturated carbocycles. The number of nitrogens with zero attached hydrogens (tertiary/aromatic N) is 2. The first kappa shape index (κ1) is 14.9. The molecule has 1 unspecified atom stereocenters. The predicted octanol–water partition coefficient (Wildman–Crippen LogP) is 2.02. The van der Waals surface area contributed by atoms with Crippen molar-refractivity contribution in [3.8, 4) is 5.75 Å². The Kier molecular flexibility index (Phi) is 4.45.